The van der Waals surface area contributed by atoms with Gasteiger partial charge in [0.2, 0.25) is 11.8 Å². The molecule has 6 heteroatoms. The lowest BCUT2D eigenvalue weighted by molar-refractivity contribution is -0.134. The van der Waals surface area contributed by atoms with Crippen LogP contribution < -0.4 is 5.32 Å². The maximum Gasteiger partial charge on any atom is 0.236 e. The second kappa shape index (κ2) is 6.15. The van der Waals surface area contributed by atoms with E-state index in [1.54, 1.807) is 9.80 Å². The van der Waals surface area contributed by atoms with Crippen molar-refractivity contribution >= 4 is 11.8 Å². The van der Waals surface area contributed by atoms with Crippen molar-refractivity contribution in [3.63, 3.8) is 0 Å². The fraction of sp³-hybridized carbons (Fsp3) is 0.833. The molecule has 1 aliphatic carbocycles. The van der Waals surface area contributed by atoms with Gasteiger partial charge in [0.1, 0.15) is 0 Å². The first-order chi connectivity index (χ1) is 8.68. The van der Waals surface area contributed by atoms with Gasteiger partial charge < -0.3 is 14.5 Å². The van der Waals surface area contributed by atoms with Gasteiger partial charge >= 0.3 is 0 Å². The van der Waals surface area contributed by atoms with Crippen LogP contribution in [0, 0.1) is 0 Å². The Morgan fingerprint density at radius 2 is 1.94 bits per heavy atom. The van der Waals surface area contributed by atoms with Gasteiger partial charge in [0, 0.05) is 26.2 Å². The molecule has 0 spiro atoms. The minimum Gasteiger partial charge on any atom is -0.378 e. The van der Waals surface area contributed by atoms with Gasteiger partial charge in [-0.15, -0.1) is 0 Å². The van der Waals surface area contributed by atoms with E-state index in [0.29, 0.717) is 32.3 Å². The summed E-state index contributed by atoms with van der Waals surface area (Å²) in [5.41, 5.74) is 0. The minimum atomic E-state index is 0.0418. The van der Waals surface area contributed by atoms with E-state index < -0.39 is 0 Å². The summed E-state index contributed by atoms with van der Waals surface area (Å²) in [5, 5.41) is 2.92. The van der Waals surface area contributed by atoms with Crippen molar-refractivity contribution in [2.24, 2.45) is 0 Å². The van der Waals surface area contributed by atoms with Crippen LogP contribution >= 0.6 is 0 Å². The van der Waals surface area contributed by atoms with E-state index in [0.717, 1.165) is 12.8 Å². The number of hydrogen-bond donors (Lipinski definition) is 1. The van der Waals surface area contributed by atoms with Crippen molar-refractivity contribution in [3.05, 3.63) is 0 Å². The smallest absolute Gasteiger partial charge is 0.236 e. The number of carbonyl (C=O) groups excluding carboxylic acids is 2. The van der Waals surface area contributed by atoms with E-state index in [4.69, 9.17) is 4.74 Å². The van der Waals surface area contributed by atoms with E-state index in [9.17, 15) is 9.59 Å². The molecule has 0 aromatic rings. The molecular weight excluding hydrogens is 234 g/mol. The zero-order chi connectivity index (χ0) is 13.0. The van der Waals surface area contributed by atoms with Crippen LogP contribution in [0.15, 0.2) is 0 Å². The van der Waals surface area contributed by atoms with Crippen molar-refractivity contribution in [1.29, 1.82) is 0 Å². The van der Waals surface area contributed by atoms with Gasteiger partial charge in [-0.2, -0.15) is 0 Å². The van der Waals surface area contributed by atoms with Crippen LogP contribution in [0.1, 0.15) is 12.8 Å². The molecule has 0 bridgehead atoms. The first-order valence-corrected chi connectivity index (χ1v) is 6.50. The third-order valence-electron chi connectivity index (χ3n) is 3.40. The number of nitrogens with zero attached hydrogens (tertiary/aromatic N) is 2. The van der Waals surface area contributed by atoms with Crippen LogP contribution in [-0.2, 0) is 14.3 Å². The lowest BCUT2D eigenvalue weighted by Gasteiger charge is -2.27. The van der Waals surface area contributed by atoms with E-state index in [1.807, 2.05) is 7.05 Å². The molecule has 18 heavy (non-hydrogen) atoms. The number of nitrogens with one attached hydrogen (secondary N) is 1. The van der Waals surface area contributed by atoms with Gasteiger partial charge in [0.15, 0.2) is 0 Å². The Bertz CT molecular complexity index is 312. The topological polar surface area (TPSA) is 61.9 Å². The minimum absolute atomic E-state index is 0.0418. The summed E-state index contributed by atoms with van der Waals surface area (Å²) in [4.78, 5) is 27.0. The third kappa shape index (κ3) is 3.68. The average molecular weight is 255 g/mol. The lowest BCUT2D eigenvalue weighted by atomic mass is 10.4. The zero-order valence-electron chi connectivity index (χ0n) is 10.9. The molecule has 2 aliphatic rings. The van der Waals surface area contributed by atoms with Crippen molar-refractivity contribution in [3.8, 4) is 0 Å². The highest BCUT2D eigenvalue weighted by atomic mass is 16.5. The Kier molecular flexibility index (Phi) is 4.54. The predicted molar refractivity (Wildman–Crippen MR) is 66.1 cm³/mol. The Hall–Kier alpha value is -1.14. The molecule has 102 valence electrons. The molecule has 2 rings (SSSR count). The van der Waals surface area contributed by atoms with Crippen LogP contribution in [0.4, 0.5) is 0 Å². The van der Waals surface area contributed by atoms with Crippen LogP contribution in [0.5, 0.6) is 0 Å². The molecule has 1 N–H and O–H groups in total. The average Bonchev–Trinajstić information content (AvgIpc) is 3.23. The fourth-order valence-corrected chi connectivity index (χ4v) is 1.99. The summed E-state index contributed by atoms with van der Waals surface area (Å²) < 4.78 is 5.18. The Morgan fingerprint density at radius 1 is 1.28 bits per heavy atom. The summed E-state index contributed by atoms with van der Waals surface area (Å²) in [6.07, 6.45) is 2.21. The van der Waals surface area contributed by atoms with Crippen LogP contribution in [0.25, 0.3) is 0 Å². The first-order valence-electron chi connectivity index (χ1n) is 6.50. The molecule has 1 heterocycles. The molecule has 0 aromatic heterocycles. The summed E-state index contributed by atoms with van der Waals surface area (Å²) in [6, 6.07) is 0.425. The van der Waals surface area contributed by atoms with Gasteiger partial charge in [-0.3, -0.25) is 14.9 Å². The Morgan fingerprint density at radius 3 is 2.56 bits per heavy atom. The van der Waals surface area contributed by atoms with Gasteiger partial charge in [-0.1, -0.05) is 0 Å². The molecule has 0 atom stereocenters. The number of rotatable bonds is 5. The first kappa shape index (κ1) is 13.3. The predicted octanol–water partition coefficient (Wildman–Crippen LogP) is -0.944. The highest BCUT2D eigenvalue weighted by Crippen LogP contribution is 2.24. The number of amides is 2. The molecule has 0 unspecified atom stereocenters. The van der Waals surface area contributed by atoms with Crippen molar-refractivity contribution in [2.75, 3.05) is 46.4 Å². The highest BCUT2D eigenvalue weighted by molar-refractivity contribution is 5.81. The van der Waals surface area contributed by atoms with Crippen molar-refractivity contribution < 1.29 is 14.3 Å². The van der Waals surface area contributed by atoms with Crippen molar-refractivity contribution in [2.45, 2.75) is 18.9 Å². The monoisotopic (exact) mass is 255 g/mol. The summed E-state index contributed by atoms with van der Waals surface area (Å²) in [5.74, 6) is 0.104. The summed E-state index contributed by atoms with van der Waals surface area (Å²) >= 11 is 0. The van der Waals surface area contributed by atoms with E-state index in [-0.39, 0.29) is 24.9 Å². The molecule has 1 aliphatic heterocycles. The number of likely N-dealkylation sites (N-methyl/N-ethyl adjacent to an activating group) is 1. The highest BCUT2D eigenvalue weighted by Gasteiger charge is 2.29. The number of hydrogen-bond acceptors (Lipinski definition) is 4. The van der Waals surface area contributed by atoms with E-state index >= 15 is 0 Å². The van der Waals surface area contributed by atoms with Gasteiger partial charge in [-0.05, 0) is 12.8 Å². The largest absolute Gasteiger partial charge is 0.378 e. The Labute approximate surface area is 107 Å². The molecule has 6 nitrogen and oxygen atoms in total. The van der Waals surface area contributed by atoms with Gasteiger partial charge in [0.25, 0.3) is 0 Å². The van der Waals surface area contributed by atoms with Crippen molar-refractivity contribution in [1.82, 2.24) is 15.1 Å². The van der Waals surface area contributed by atoms with E-state index in [2.05, 4.69) is 5.32 Å². The third-order valence-corrected chi connectivity index (χ3v) is 3.40. The lowest BCUT2D eigenvalue weighted by Crippen LogP contribution is -2.46. The Balaban J connectivity index is 1.61. The van der Waals surface area contributed by atoms with Crippen LogP contribution in [-0.4, -0.2) is 74.1 Å². The molecule has 1 saturated carbocycles. The number of morpholine rings is 1. The fourth-order valence-electron chi connectivity index (χ4n) is 1.99. The van der Waals surface area contributed by atoms with Crippen LogP contribution in [0.3, 0.4) is 0 Å². The molecule has 1 saturated heterocycles. The quantitative estimate of drug-likeness (QED) is 0.688. The molecule has 2 amide bonds. The van der Waals surface area contributed by atoms with Gasteiger partial charge in [0.05, 0.1) is 26.3 Å². The standard InChI is InChI=1S/C12H21N3O3/c1-14(10-2-3-10)11(16)8-13-9-12(17)15-4-6-18-7-5-15/h10,13H,2-9H2,1H3. The maximum absolute atomic E-state index is 11.8. The molecule has 0 aromatic carbocycles. The SMILES string of the molecule is CN(C(=O)CNCC(=O)N1CCOCC1)C1CC1. The number of ether oxygens (including phenoxy) is 1. The second-order valence-corrected chi connectivity index (χ2v) is 4.83. The second-order valence-electron chi connectivity index (χ2n) is 4.83. The summed E-state index contributed by atoms with van der Waals surface area (Å²) in [6.45, 7) is 2.98. The number of carbonyl (C=O) groups is 2. The molecular formula is C12H21N3O3. The van der Waals surface area contributed by atoms with Gasteiger partial charge in [-0.25, -0.2) is 0 Å². The maximum atomic E-state index is 11.8. The zero-order valence-corrected chi connectivity index (χ0v) is 10.9. The normalized spacial score (nSPS) is 19.7. The molecule has 2 fully saturated rings. The van der Waals surface area contributed by atoms with Crippen LogP contribution in [0.2, 0.25) is 0 Å². The molecule has 0 radical (unpaired) electrons. The van der Waals surface area contributed by atoms with E-state index in [1.165, 1.54) is 0 Å². The summed E-state index contributed by atoms with van der Waals surface area (Å²) in [7, 11) is 1.82.